The standard InChI is InChI=1S/C19H22FN3O3/c1-23(2)18(24)13-26-16-8-5-7-15(12-16)22-19(25)21-11-10-14-6-3-4-9-17(14)20/h3-9,12H,10-11,13H2,1-2H3,(H2,21,22,25). The number of nitrogens with one attached hydrogen (secondary N) is 2. The zero-order chi connectivity index (χ0) is 18.9. The zero-order valence-corrected chi connectivity index (χ0v) is 14.8. The van der Waals surface area contributed by atoms with E-state index in [2.05, 4.69) is 10.6 Å². The van der Waals surface area contributed by atoms with Gasteiger partial charge in [-0.25, -0.2) is 9.18 Å². The largest absolute Gasteiger partial charge is 0.484 e. The van der Waals surface area contributed by atoms with Crippen molar-refractivity contribution >= 4 is 17.6 Å². The number of carbonyl (C=O) groups excluding carboxylic acids is 2. The molecule has 0 spiro atoms. The number of ether oxygens (including phenoxy) is 1. The van der Waals surface area contributed by atoms with Crippen LogP contribution >= 0.6 is 0 Å². The monoisotopic (exact) mass is 359 g/mol. The predicted octanol–water partition coefficient (Wildman–Crippen LogP) is 2.66. The Kier molecular flexibility index (Phi) is 6.96. The van der Waals surface area contributed by atoms with Crippen molar-refractivity contribution in [3.8, 4) is 5.75 Å². The molecule has 0 atom stereocenters. The molecule has 0 aliphatic rings. The summed E-state index contributed by atoms with van der Waals surface area (Å²) in [5.41, 5.74) is 1.08. The number of benzene rings is 2. The second kappa shape index (κ2) is 9.41. The second-order valence-electron chi connectivity index (χ2n) is 5.83. The van der Waals surface area contributed by atoms with Crippen molar-refractivity contribution < 1.29 is 18.7 Å². The van der Waals surface area contributed by atoms with Crippen LogP contribution in [-0.2, 0) is 11.2 Å². The average Bonchev–Trinajstić information content (AvgIpc) is 2.61. The molecule has 0 aliphatic heterocycles. The molecule has 0 fully saturated rings. The number of urea groups is 1. The Bertz CT molecular complexity index is 765. The van der Waals surface area contributed by atoms with Crippen LogP contribution < -0.4 is 15.4 Å². The molecule has 6 nitrogen and oxygen atoms in total. The maximum atomic E-state index is 13.5. The molecule has 7 heteroatoms. The number of nitrogens with zero attached hydrogens (tertiary/aromatic N) is 1. The molecule has 0 heterocycles. The minimum absolute atomic E-state index is 0.0781. The summed E-state index contributed by atoms with van der Waals surface area (Å²) >= 11 is 0. The number of hydrogen-bond donors (Lipinski definition) is 2. The summed E-state index contributed by atoms with van der Waals surface area (Å²) in [7, 11) is 3.30. The van der Waals surface area contributed by atoms with Gasteiger partial charge in [0.15, 0.2) is 6.61 Å². The Labute approximate surface area is 152 Å². The van der Waals surface area contributed by atoms with Crippen LogP contribution in [0.15, 0.2) is 48.5 Å². The molecule has 0 aliphatic carbocycles. The van der Waals surface area contributed by atoms with E-state index in [4.69, 9.17) is 4.74 Å². The van der Waals surface area contributed by atoms with Crippen LogP contribution in [-0.4, -0.2) is 44.1 Å². The van der Waals surface area contributed by atoms with Gasteiger partial charge >= 0.3 is 6.03 Å². The van der Waals surface area contributed by atoms with Gasteiger partial charge in [-0.2, -0.15) is 0 Å². The molecule has 2 aromatic rings. The van der Waals surface area contributed by atoms with Crippen LogP contribution in [0.5, 0.6) is 5.75 Å². The van der Waals surface area contributed by atoms with Gasteiger partial charge in [0.25, 0.3) is 5.91 Å². The van der Waals surface area contributed by atoms with Crippen molar-refractivity contribution in [1.29, 1.82) is 0 Å². The molecular formula is C19H22FN3O3. The quantitative estimate of drug-likeness (QED) is 0.798. The third-order valence-electron chi connectivity index (χ3n) is 3.59. The van der Waals surface area contributed by atoms with Crippen LogP contribution in [0.1, 0.15) is 5.56 Å². The number of hydrogen-bond acceptors (Lipinski definition) is 3. The smallest absolute Gasteiger partial charge is 0.319 e. The Morgan fingerprint density at radius 2 is 1.88 bits per heavy atom. The number of halogens is 1. The van der Waals surface area contributed by atoms with Crippen molar-refractivity contribution in [1.82, 2.24) is 10.2 Å². The van der Waals surface area contributed by atoms with Crippen LogP contribution in [0.2, 0.25) is 0 Å². The van der Waals surface area contributed by atoms with E-state index < -0.39 is 6.03 Å². The van der Waals surface area contributed by atoms with Gasteiger partial charge in [-0.3, -0.25) is 4.79 Å². The number of rotatable bonds is 7. The number of anilines is 1. The lowest BCUT2D eigenvalue weighted by atomic mass is 10.1. The van der Waals surface area contributed by atoms with E-state index in [0.29, 0.717) is 30.0 Å². The Morgan fingerprint density at radius 1 is 1.12 bits per heavy atom. The molecule has 0 saturated heterocycles. The first-order valence-corrected chi connectivity index (χ1v) is 8.17. The summed E-state index contributed by atoms with van der Waals surface area (Å²) < 4.78 is 18.9. The van der Waals surface area contributed by atoms with E-state index in [1.165, 1.54) is 11.0 Å². The van der Waals surface area contributed by atoms with Crippen LogP contribution in [0.4, 0.5) is 14.9 Å². The van der Waals surface area contributed by atoms with E-state index in [9.17, 15) is 14.0 Å². The highest BCUT2D eigenvalue weighted by molar-refractivity contribution is 5.89. The Morgan fingerprint density at radius 3 is 2.62 bits per heavy atom. The summed E-state index contributed by atoms with van der Waals surface area (Å²) in [6.07, 6.45) is 0.399. The topological polar surface area (TPSA) is 70.7 Å². The summed E-state index contributed by atoms with van der Waals surface area (Å²) in [5, 5.41) is 5.35. The number of carbonyl (C=O) groups is 2. The predicted molar refractivity (Wildman–Crippen MR) is 97.8 cm³/mol. The lowest BCUT2D eigenvalue weighted by molar-refractivity contribution is -0.130. The number of likely N-dealkylation sites (N-methyl/N-ethyl adjacent to an activating group) is 1. The second-order valence-corrected chi connectivity index (χ2v) is 5.83. The van der Waals surface area contributed by atoms with Crippen LogP contribution in [0.3, 0.4) is 0 Å². The van der Waals surface area contributed by atoms with Crippen LogP contribution in [0.25, 0.3) is 0 Å². The van der Waals surface area contributed by atoms with Crippen LogP contribution in [0, 0.1) is 5.82 Å². The molecule has 2 rings (SSSR count). The highest BCUT2D eigenvalue weighted by atomic mass is 19.1. The minimum atomic E-state index is -0.400. The highest BCUT2D eigenvalue weighted by Gasteiger charge is 2.07. The van der Waals surface area contributed by atoms with Gasteiger partial charge in [-0.15, -0.1) is 0 Å². The van der Waals surface area contributed by atoms with Gasteiger partial charge in [0.1, 0.15) is 11.6 Å². The fourth-order valence-corrected chi connectivity index (χ4v) is 2.12. The third kappa shape index (κ3) is 6.08. The maximum Gasteiger partial charge on any atom is 0.319 e. The first-order chi connectivity index (χ1) is 12.5. The Hall–Kier alpha value is -3.09. The molecule has 0 aromatic heterocycles. The first kappa shape index (κ1) is 19.2. The normalized spacial score (nSPS) is 10.1. The maximum absolute atomic E-state index is 13.5. The lowest BCUT2D eigenvalue weighted by Crippen LogP contribution is -2.30. The average molecular weight is 359 g/mol. The van der Waals surface area contributed by atoms with Crippen molar-refractivity contribution in [3.63, 3.8) is 0 Å². The molecule has 138 valence electrons. The third-order valence-corrected chi connectivity index (χ3v) is 3.59. The van der Waals surface area contributed by atoms with Gasteiger partial charge in [0.05, 0.1) is 0 Å². The summed E-state index contributed by atoms with van der Waals surface area (Å²) in [6.45, 7) is 0.228. The van der Waals surface area contributed by atoms with Gasteiger partial charge in [-0.1, -0.05) is 24.3 Å². The molecule has 2 N–H and O–H groups in total. The van der Waals surface area contributed by atoms with E-state index in [1.54, 1.807) is 56.6 Å². The molecule has 2 aromatic carbocycles. The highest BCUT2D eigenvalue weighted by Crippen LogP contribution is 2.17. The first-order valence-electron chi connectivity index (χ1n) is 8.17. The minimum Gasteiger partial charge on any atom is -0.484 e. The van der Waals surface area contributed by atoms with E-state index >= 15 is 0 Å². The molecule has 0 radical (unpaired) electrons. The van der Waals surface area contributed by atoms with Crippen molar-refractivity contribution in [2.24, 2.45) is 0 Å². The molecule has 0 bridgehead atoms. The molecule has 3 amide bonds. The summed E-state index contributed by atoms with van der Waals surface area (Å²) in [5.74, 6) is 0.0328. The molecule has 0 unspecified atom stereocenters. The van der Waals surface area contributed by atoms with Gasteiger partial charge < -0.3 is 20.3 Å². The molecular weight excluding hydrogens is 337 g/mol. The molecule has 0 saturated carbocycles. The summed E-state index contributed by atoms with van der Waals surface area (Å²) in [6, 6.07) is 12.8. The summed E-state index contributed by atoms with van der Waals surface area (Å²) in [4.78, 5) is 24.9. The Balaban J connectivity index is 1.80. The van der Waals surface area contributed by atoms with Crippen molar-refractivity contribution in [2.45, 2.75) is 6.42 Å². The van der Waals surface area contributed by atoms with Gasteiger partial charge in [0.2, 0.25) is 0 Å². The van der Waals surface area contributed by atoms with E-state index in [-0.39, 0.29) is 18.3 Å². The molecule has 26 heavy (non-hydrogen) atoms. The fourth-order valence-electron chi connectivity index (χ4n) is 2.12. The van der Waals surface area contributed by atoms with Gasteiger partial charge in [0, 0.05) is 32.4 Å². The van der Waals surface area contributed by atoms with Gasteiger partial charge in [-0.05, 0) is 30.2 Å². The van der Waals surface area contributed by atoms with Crippen molar-refractivity contribution in [2.75, 3.05) is 32.6 Å². The van der Waals surface area contributed by atoms with E-state index in [1.807, 2.05) is 0 Å². The lowest BCUT2D eigenvalue weighted by Gasteiger charge is -2.12. The fraction of sp³-hybridized carbons (Fsp3) is 0.263. The van der Waals surface area contributed by atoms with Crippen molar-refractivity contribution in [3.05, 3.63) is 59.9 Å². The number of amides is 3. The SMILES string of the molecule is CN(C)C(=O)COc1cccc(NC(=O)NCCc2ccccc2F)c1. The zero-order valence-electron chi connectivity index (χ0n) is 14.8. The van der Waals surface area contributed by atoms with E-state index in [0.717, 1.165) is 0 Å².